The van der Waals surface area contributed by atoms with E-state index in [4.69, 9.17) is 0 Å². The van der Waals surface area contributed by atoms with Gasteiger partial charge in [0.15, 0.2) is 5.96 Å². The second-order valence-electron chi connectivity index (χ2n) is 5.14. The molecule has 2 N–H and O–H groups in total. The Labute approximate surface area is 116 Å². The van der Waals surface area contributed by atoms with Crippen molar-refractivity contribution in [1.82, 2.24) is 10.6 Å². The molecular weight excluding hydrogens is 234 g/mol. The van der Waals surface area contributed by atoms with E-state index in [0.717, 1.165) is 31.2 Å². The molecule has 0 unspecified atom stereocenters. The van der Waals surface area contributed by atoms with E-state index in [9.17, 15) is 0 Å². The van der Waals surface area contributed by atoms with E-state index in [1.54, 1.807) is 0 Å². The highest BCUT2D eigenvalue weighted by Gasteiger charge is 2.03. The number of rotatable bonds is 6. The SMILES string of the molecule is CCCCCCc1ccc(N=C2NCCCN2)cc1. The van der Waals surface area contributed by atoms with Gasteiger partial charge in [0, 0.05) is 13.1 Å². The lowest BCUT2D eigenvalue weighted by Crippen LogP contribution is -2.43. The fourth-order valence-corrected chi connectivity index (χ4v) is 2.27. The van der Waals surface area contributed by atoms with Crippen molar-refractivity contribution in [1.29, 1.82) is 0 Å². The average Bonchev–Trinajstić information content (AvgIpc) is 2.46. The topological polar surface area (TPSA) is 36.4 Å². The van der Waals surface area contributed by atoms with Crippen molar-refractivity contribution in [3.8, 4) is 0 Å². The molecule has 3 nitrogen and oxygen atoms in total. The Bertz CT molecular complexity index is 387. The number of hydrogen-bond acceptors (Lipinski definition) is 1. The Morgan fingerprint density at radius 2 is 1.74 bits per heavy atom. The highest BCUT2D eigenvalue weighted by atomic mass is 15.2. The van der Waals surface area contributed by atoms with Crippen molar-refractivity contribution in [2.24, 2.45) is 4.99 Å². The monoisotopic (exact) mass is 259 g/mol. The Hall–Kier alpha value is -1.51. The zero-order valence-electron chi connectivity index (χ0n) is 11.9. The first-order valence-corrected chi connectivity index (χ1v) is 7.54. The summed E-state index contributed by atoms with van der Waals surface area (Å²) in [5, 5.41) is 6.54. The molecule has 0 saturated carbocycles. The van der Waals surface area contributed by atoms with Crippen LogP contribution in [0.1, 0.15) is 44.6 Å². The lowest BCUT2D eigenvalue weighted by molar-refractivity contribution is 0.666. The van der Waals surface area contributed by atoms with Crippen molar-refractivity contribution in [3.63, 3.8) is 0 Å². The first kappa shape index (κ1) is 13.9. The molecule has 1 aliphatic heterocycles. The second-order valence-corrected chi connectivity index (χ2v) is 5.14. The third-order valence-electron chi connectivity index (χ3n) is 3.43. The van der Waals surface area contributed by atoms with Gasteiger partial charge in [0.05, 0.1) is 5.69 Å². The maximum atomic E-state index is 4.56. The molecular formula is C16H25N3. The lowest BCUT2D eigenvalue weighted by Gasteiger charge is -2.17. The van der Waals surface area contributed by atoms with Crippen LogP contribution in [0.3, 0.4) is 0 Å². The first-order valence-electron chi connectivity index (χ1n) is 7.54. The number of benzene rings is 1. The molecule has 0 aromatic heterocycles. The van der Waals surface area contributed by atoms with Gasteiger partial charge in [-0.3, -0.25) is 0 Å². The van der Waals surface area contributed by atoms with E-state index in [-0.39, 0.29) is 0 Å². The van der Waals surface area contributed by atoms with Gasteiger partial charge in [-0.05, 0) is 37.0 Å². The van der Waals surface area contributed by atoms with Crippen molar-refractivity contribution >= 4 is 11.6 Å². The summed E-state index contributed by atoms with van der Waals surface area (Å²) < 4.78 is 0. The Balaban J connectivity index is 1.83. The van der Waals surface area contributed by atoms with Crippen LogP contribution in [-0.2, 0) is 6.42 Å². The molecule has 0 aliphatic carbocycles. The highest BCUT2D eigenvalue weighted by Crippen LogP contribution is 2.15. The Kier molecular flexibility index (Phi) is 5.73. The van der Waals surface area contributed by atoms with E-state index in [1.807, 2.05) is 0 Å². The summed E-state index contributed by atoms with van der Waals surface area (Å²) in [6.07, 6.45) is 7.64. The van der Waals surface area contributed by atoms with Gasteiger partial charge in [-0.1, -0.05) is 38.3 Å². The van der Waals surface area contributed by atoms with Crippen LogP contribution in [0.2, 0.25) is 0 Å². The summed E-state index contributed by atoms with van der Waals surface area (Å²) in [5.74, 6) is 0.905. The van der Waals surface area contributed by atoms with Crippen LogP contribution in [0.15, 0.2) is 29.3 Å². The van der Waals surface area contributed by atoms with E-state index in [2.05, 4.69) is 46.8 Å². The minimum atomic E-state index is 0.905. The lowest BCUT2D eigenvalue weighted by atomic mass is 10.1. The summed E-state index contributed by atoms with van der Waals surface area (Å²) in [4.78, 5) is 4.56. The smallest absolute Gasteiger partial charge is 0.196 e. The molecule has 0 atom stereocenters. The number of unbranched alkanes of at least 4 members (excludes halogenated alkanes) is 3. The van der Waals surface area contributed by atoms with Gasteiger partial charge in [-0.2, -0.15) is 0 Å². The minimum absolute atomic E-state index is 0.905. The van der Waals surface area contributed by atoms with Gasteiger partial charge >= 0.3 is 0 Å². The maximum Gasteiger partial charge on any atom is 0.196 e. The van der Waals surface area contributed by atoms with Crippen LogP contribution in [0.25, 0.3) is 0 Å². The third kappa shape index (κ3) is 4.93. The predicted octanol–water partition coefficient (Wildman–Crippen LogP) is 3.38. The highest BCUT2D eigenvalue weighted by molar-refractivity contribution is 5.83. The van der Waals surface area contributed by atoms with Crippen LogP contribution in [0, 0.1) is 0 Å². The summed E-state index contributed by atoms with van der Waals surface area (Å²) in [6, 6.07) is 8.63. The predicted molar refractivity (Wildman–Crippen MR) is 82.0 cm³/mol. The van der Waals surface area contributed by atoms with Crippen molar-refractivity contribution in [3.05, 3.63) is 29.8 Å². The number of hydrogen-bond donors (Lipinski definition) is 2. The first-order chi connectivity index (χ1) is 9.38. The second kappa shape index (κ2) is 7.82. The quantitative estimate of drug-likeness (QED) is 0.768. The zero-order chi connectivity index (χ0) is 13.3. The van der Waals surface area contributed by atoms with Gasteiger partial charge in [0.2, 0.25) is 0 Å². The molecule has 1 heterocycles. The molecule has 1 aliphatic rings. The van der Waals surface area contributed by atoms with Gasteiger partial charge in [0.25, 0.3) is 0 Å². The van der Waals surface area contributed by atoms with Gasteiger partial charge in [0.1, 0.15) is 0 Å². The zero-order valence-corrected chi connectivity index (χ0v) is 11.9. The standard InChI is InChI=1S/C16H25N3/c1-2-3-4-5-7-14-8-10-15(11-9-14)19-16-17-12-6-13-18-16/h8-11H,2-7,12-13H2,1H3,(H2,17,18,19). The van der Waals surface area contributed by atoms with Crippen LogP contribution in [-0.4, -0.2) is 19.0 Å². The Morgan fingerprint density at radius 1 is 1.00 bits per heavy atom. The summed E-state index contributed by atoms with van der Waals surface area (Å²) >= 11 is 0. The van der Waals surface area contributed by atoms with Crippen LogP contribution < -0.4 is 10.6 Å². The molecule has 1 aromatic rings. The van der Waals surface area contributed by atoms with Crippen LogP contribution in [0.4, 0.5) is 5.69 Å². The van der Waals surface area contributed by atoms with Gasteiger partial charge < -0.3 is 10.6 Å². The molecule has 1 fully saturated rings. The maximum absolute atomic E-state index is 4.56. The number of nitrogens with zero attached hydrogens (tertiary/aromatic N) is 1. The molecule has 0 bridgehead atoms. The molecule has 3 heteroatoms. The van der Waals surface area contributed by atoms with E-state index >= 15 is 0 Å². The van der Waals surface area contributed by atoms with Gasteiger partial charge in [-0.25, -0.2) is 4.99 Å². The molecule has 19 heavy (non-hydrogen) atoms. The van der Waals surface area contributed by atoms with E-state index in [1.165, 1.54) is 37.7 Å². The van der Waals surface area contributed by atoms with Crippen LogP contribution in [0.5, 0.6) is 0 Å². The molecule has 0 amide bonds. The number of guanidine groups is 1. The number of nitrogens with one attached hydrogen (secondary N) is 2. The fraction of sp³-hybridized carbons (Fsp3) is 0.562. The van der Waals surface area contributed by atoms with E-state index < -0.39 is 0 Å². The van der Waals surface area contributed by atoms with Gasteiger partial charge in [-0.15, -0.1) is 0 Å². The minimum Gasteiger partial charge on any atom is -0.356 e. The normalized spacial score (nSPS) is 14.7. The number of aliphatic imine (C=N–C) groups is 1. The molecule has 0 spiro atoms. The molecule has 1 saturated heterocycles. The molecule has 1 aromatic carbocycles. The fourth-order valence-electron chi connectivity index (χ4n) is 2.27. The largest absolute Gasteiger partial charge is 0.356 e. The molecule has 0 radical (unpaired) electrons. The van der Waals surface area contributed by atoms with Crippen LogP contribution >= 0.6 is 0 Å². The molecule has 2 rings (SSSR count). The summed E-state index contributed by atoms with van der Waals surface area (Å²) in [6.45, 7) is 4.28. The van der Waals surface area contributed by atoms with Crippen molar-refractivity contribution in [2.75, 3.05) is 13.1 Å². The van der Waals surface area contributed by atoms with Crippen molar-refractivity contribution in [2.45, 2.75) is 45.4 Å². The number of aryl methyl sites for hydroxylation is 1. The Morgan fingerprint density at radius 3 is 2.42 bits per heavy atom. The summed E-state index contributed by atoms with van der Waals surface area (Å²) in [5.41, 5.74) is 2.44. The third-order valence-corrected chi connectivity index (χ3v) is 3.43. The average molecular weight is 259 g/mol. The van der Waals surface area contributed by atoms with E-state index in [0.29, 0.717) is 0 Å². The summed E-state index contributed by atoms with van der Waals surface area (Å²) in [7, 11) is 0. The van der Waals surface area contributed by atoms with Crippen molar-refractivity contribution < 1.29 is 0 Å². The molecule has 104 valence electrons.